The quantitative estimate of drug-likeness (QED) is 0.430. The summed E-state index contributed by atoms with van der Waals surface area (Å²) in [6.07, 6.45) is 3.49. The van der Waals surface area contributed by atoms with Gasteiger partial charge in [-0.3, -0.25) is 4.79 Å². The SMILES string of the molecule is O=C=NC1(c2ccc(F)cc2C=O)CC1. The predicted molar refractivity (Wildman–Crippen MR) is 50.8 cm³/mol. The average Bonchev–Trinajstić information content (AvgIpc) is 2.99. The van der Waals surface area contributed by atoms with Gasteiger partial charge in [0, 0.05) is 5.56 Å². The van der Waals surface area contributed by atoms with Crippen molar-refractivity contribution >= 4 is 12.4 Å². The number of aliphatic imine (C=N–C) groups is 1. The summed E-state index contributed by atoms with van der Waals surface area (Å²) in [5.74, 6) is -0.466. The Morgan fingerprint density at radius 2 is 2.20 bits per heavy atom. The Morgan fingerprint density at radius 1 is 1.47 bits per heavy atom. The molecule has 0 heterocycles. The number of benzene rings is 1. The Labute approximate surface area is 85.6 Å². The molecule has 4 heteroatoms. The molecule has 0 N–H and O–H groups in total. The lowest BCUT2D eigenvalue weighted by atomic mass is 9.99. The van der Waals surface area contributed by atoms with Crippen LogP contribution in [0.2, 0.25) is 0 Å². The lowest BCUT2D eigenvalue weighted by Gasteiger charge is -2.10. The second kappa shape index (κ2) is 3.41. The summed E-state index contributed by atoms with van der Waals surface area (Å²) in [5.41, 5.74) is 0.250. The van der Waals surface area contributed by atoms with E-state index in [9.17, 15) is 14.0 Å². The Hall–Kier alpha value is -1.80. The molecule has 1 aliphatic carbocycles. The van der Waals surface area contributed by atoms with Crippen molar-refractivity contribution in [2.45, 2.75) is 18.4 Å². The zero-order chi connectivity index (χ0) is 10.9. The van der Waals surface area contributed by atoms with E-state index < -0.39 is 11.4 Å². The molecule has 3 nitrogen and oxygen atoms in total. The highest BCUT2D eigenvalue weighted by atomic mass is 19.1. The monoisotopic (exact) mass is 205 g/mol. The largest absolute Gasteiger partial charge is 0.298 e. The van der Waals surface area contributed by atoms with E-state index in [0.29, 0.717) is 24.7 Å². The molecule has 1 saturated carbocycles. The van der Waals surface area contributed by atoms with Crippen molar-refractivity contribution in [1.29, 1.82) is 0 Å². The molecule has 0 aromatic heterocycles. The standard InChI is InChI=1S/C11H8FNO2/c12-9-1-2-10(8(5-9)6-14)11(3-4-11)13-7-15/h1-2,5-6H,3-4H2. The molecule has 1 aromatic rings. The number of halogens is 1. The van der Waals surface area contributed by atoms with Gasteiger partial charge in [0.2, 0.25) is 6.08 Å². The highest BCUT2D eigenvalue weighted by Gasteiger charge is 2.46. The number of hydrogen-bond acceptors (Lipinski definition) is 3. The van der Waals surface area contributed by atoms with Crippen LogP contribution >= 0.6 is 0 Å². The fourth-order valence-electron chi connectivity index (χ4n) is 1.70. The second-order valence-corrected chi connectivity index (χ2v) is 3.58. The lowest BCUT2D eigenvalue weighted by Crippen LogP contribution is -2.06. The van der Waals surface area contributed by atoms with Crippen LogP contribution in [0.5, 0.6) is 0 Å². The van der Waals surface area contributed by atoms with Crippen LogP contribution < -0.4 is 0 Å². The van der Waals surface area contributed by atoms with E-state index in [1.54, 1.807) is 0 Å². The number of carbonyl (C=O) groups excluding carboxylic acids is 2. The molecule has 0 atom stereocenters. The molecule has 0 radical (unpaired) electrons. The summed E-state index contributed by atoms with van der Waals surface area (Å²) < 4.78 is 12.9. The van der Waals surface area contributed by atoms with Gasteiger partial charge < -0.3 is 0 Å². The minimum atomic E-state index is -0.619. The van der Waals surface area contributed by atoms with Crippen LogP contribution in [0.4, 0.5) is 4.39 Å². The Morgan fingerprint density at radius 3 is 2.73 bits per heavy atom. The molecule has 1 aromatic carbocycles. The maximum Gasteiger partial charge on any atom is 0.235 e. The Balaban J connectivity index is 2.53. The van der Waals surface area contributed by atoms with Crippen LogP contribution in [-0.2, 0) is 10.3 Å². The van der Waals surface area contributed by atoms with Crippen molar-refractivity contribution in [2.24, 2.45) is 4.99 Å². The summed E-state index contributed by atoms with van der Waals surface area (Å²) >= 11 is 0. The first-order valence-corrected chi connectivity index (χ1v) is 4.56. The number of nitrogens with zero attached hydrogens (tertiary/aromatic N) is 1. The topological polar surface area (TPSA) is 46.5 Å². The molecule has 0 unspecified atom stereocenters. The fraction of sp³-hybridized carbons (Fsp3) is 0.273. The van der Waals surface area contributed by atoms with Crippen LogP contribution in [0, 0.1) is 5.82 Å². The van der Waals surface area contributed by atoms with Gasteiger partial charge in [0.25, 0.3) is 0 Å². The van der Waals surface area contributed by atoms with Crippen LogP contribution in [0.3, 0.4) is 0 Å². The minimum Gasteiger partial charge on any atom is -0.298 e. The van der Waals surface area contributed by atoms with Crippen molar-refractivity contribution < 1.29 is 14.0 Å². The zero-order valence-electron chi connectivity index (χ0n) is 7.87. The van der Waals surface area contributed by atoms with Crippen LogP contribution in [0.15, 0.2) is 23.2 Å². The fourth-order valence-corrected chi connectivity index (χ4v) is 1.70. The summed E-state index contributed by atoms with van der Waals surface area (Å²) in [4.78, 5) is 24.7. The maximum absolute atomic E-state index is 12.9. The van der Waals surface area contributed by atoms with Gasteiger partial charge >= 0.3 is 0 Å². The van der Waals surface area contributed by atoms with E-state index >= 15 is 0 Å². The van der Waals surface area contributed by atoms with Crippen LogP contribution in [-0.4, -0.2) is 12.4 Å². The number of aldehydes is 1. The number of isocyanates is 1. The first-order valence-electron chi connectivity index (χ1n) is 4.56. The summed E-state index contributed by atoms with van der Waals surface area (Å²) in [6.45, 7) is 0. The molecule has 0 aliphatic heterocycles. The number of carbonyl (C=O) groups is 1. The van der Waals surface area contributed by atoms with E-state index in [-0.39, 0.29) is 5.56 Å². The Kier molecular flexibility index (Phi) is 2.21. The molecule has 0 bridgehead atoms. The highest BCUT2D eigenvalue weighted by molar-refractivity contribution is 5.78. The average molecular weight is 205 g/mol. The molecule has 1 aliphatic rings. The van der Waals surface area contributed by atoms with Gasteiger partial charge in [-0.05, 0) is 30.5 Å². The van der Waals surface area contributed by atoms with Gasteiger partial charge in [0.15, 0.2) is 6.29 Å². The third-order valence-electron chi connectivity index (χ3n) is 2.63. The van der Waals surface area contributed by atoms with E-state index in [0.717, 1.165) is 6.07 Å². The first kappa shape index (κ1) is 9.74. The molecular weight excluding hydrogens is 197 g/mol. The summed E-state index contributed by atoms with van der Waals surface area (Å²) in [7, 11) is 0. The molecule has 15 heavy (non-hydrogen) atoms. The van der Waals surface area contributed by atoms with Crippen molar-refractivity contribution in [1.82, 2.24) is 0 Å². The number of hydrogen-bond donors (Lipinski definition) is 0. The van der Waals surface area contributed by atoms with Gasteiger partial charge in [-0.25, -0.2) is 9.18 Å². The van der Waals surface area contributed by atoms with Gasteiger partial charge in [-0.1, -0.05) is 6.07 Å². The van der Waals surface area contributed by atoms with Crippen molar-refractivity contribution in [2.75, 3.05) is 0 Å². The molecule has 76 valence electrons. The van der Waals surface area contributed by atoms with Crippen molar-refractivity contribution in [3.8, 4) is 0 Å². The van der Waals surface area contributed by atoms with Gasteiger partial charge in [0.05, 0.1) is 5.54 Å². The minimum absolute atomic E-state index is 0.256. The molecule has 0 spiro atoms. The molecule has 0 saturated heterocycles. The van der Waals surface area contributed by atoms with Gasteiger partial charge in [-0.2, -0.15) is 4.99 Å². The highest BCUT2D eigenvalue weighted by Crippen LogP contribution is 2.50. The maximum atomic E-state index is 12.9. The normalized spacial score (nSPS) is 16.6. The zero-order valence-corrected chi connectivity index (χ0v) is 7.87. The third-order valence-corrected chi connectivity index (χ3v) is 2.63. The molecule has 0 amide bonds. The predicted octanol–water partition coefficient (Wildman–Crippen LogP) is 1.96. The van der Waals surface area contributed by atoms with Gasteiger partial charge in [0.1, 0.15) is 5.82 Å². The van der Waals surface area contributed by atoms with Gasteiger partial charge in [-0.15, -0.1) is 0 Å². The van der Waals surface area contributed by atoms with E-state index in [2.05, 4.69) is 4.99 Å². The third kappa shape index (κ3) is 1.60. The summed E-state index contributed by atoms with van der Waals surface area (Å²) in [6, 6.07) is 3.93. The van der Waals surface area contributed by atoms with E-state index in [4.69, 9.17) is 0 Å². The summed E-state index contributed by atoms with van der Waals surface area (Å²) in [5, 5.41) is 0. The molecule has 1 fully saturated rings. The second-order valence-electron chi connectivity index (χ2n) is 3.58. The first-order chi connectivity index (χ1) is 7.22. The van der Waals surface area contributed by atoms with Crippen LogP contribution in [0.1, 0.15) is 28.8 Å². The smallest absolute Gasteiger partial charge is 0.235 e. The lowest BCUT2D eigenvalue weighted by molar-refractivity contribution is 0.112. The van der Waals surface area contributed by atoms with Crippen molar-refractivity contribution in [3.63, 3.8) is 0 Å². The molecular formula is C11H8FNO2. The van der Waals surface area contributed by atoms with E-state index in [1.807, 2.05) is 0 Å². The Bertz CT molecular complexity index is 460. The molecule has 2 rings (SSSR count). The van der Waals surface area contributed by atoms with Crippen LogP contribution in [0.25, 0.3) is 0 Å². The number of rotatable bonds is 3. The van der Waals surface area contributed by atoms with E-state index in [1.165, 1.54) is 18.2 Å². The van der Waals surface area contributed by atoms with Crippen molar-refractivity contribution in [3.05, 3.63) is 35.1 Å².